The summed E-state index contributed by atoms with van der Waals surface area (Å²) in [5, 5.41) is 3.73. The quantitative estimate of drug-likeness (QED) is 0.860. The monoisotopic (exact) mass is 280 g/mol. The van der Waals surface area contributed by atoms with Crippen LogP contribution < -0.4 is 15.0 Å². The zero-order valence-corrected chi connectivity index (χ0v) is 11.6. The zero-order valence-electron chi connectivity index (χ0n) is 10.9. The third-order valence-electron chi connectivity index (χ3n) is 3.14. The average molecular weight is 281 g/mol. The first-order chi connectivity index (χ1) is 9.15. The second-order valence-corrected chi connectivity index (χ2v) is 4.83. The van der Waals surface area contributed by atoms with Crippen molar-refractivity contribution in [3.63, 3.8) is 0 Å². The lowest BCUT2D eigenvalue weighted by Crippen LogP contribution is -2.54. The molecule has 1 fully saturated rings. The first-order valence-corrected chi connectivity index (χ1v) is 6.51. The molecule has 1 N–H and O–H groups in total. The van der Waals surface area contributed by atoms with Crippen LogP contribution in [0.1, 0.15) is 6.42 Å². The molecular weight excluding hydrogens is 264 g/mol. The molecule has 4 nitrogen and oxygen atoms in total. The molecule has 1 saturated heterocycles. The Morgan fingerprint density at radius 3 is 3.11 bits per heavy atom. The van der Waals surface area contributed by atoms with Crippen LogP contribution in [0.4, 0.5) is 5.69 Å². The smallest absolute Gasteiger partial charge is 0.241 e. The fourth-order valence-corrected chi connectivity index (χ4v) is 2.33. The van der Waals surface area contributed by atoms with Crippen molar-refractivity contribution in [2.45, 2.75) is 12.5 Å². The fraction of sp³-hybridized carbons (Fsp3) is 0.357. The van der Waals surface area contributed by atoms with E-state index in [4.69, 9.17) is 16.3 Å². The number of carbonyl (C=O) groups excluding carboxylic acids is 1. The van der Waals surface area contributed by atoms with E-state index in [0.29, 0.717) is 23.9 Å². The highest BCUT2D eigenvalue weighted by molar-refractivity contribution is 6.32. The van der Waals surface area contributed by atoms with E-state index in [1.54, 1.807) is 24.1 Å². The molecule has 0 radical (unpaired) electrons. The first kappa shape index (κ1) is 13.9. The maximum Gasteiger partial charge on any atom is 0.241 e. The molecule has 1 aromatic carbocycles. The number of rotatable bonds is 4. The maximum atomic E-state index is 12.0. The number of ether oxygens (including phenoxy) is 1. The predicted molar refractivity (Wildman–Crippen MR) is 77.0 cm³/mol. The SMILES string of the molecule is C=CC[C@H]1CN(c2ccc(Cl)c(OC)c2)C(=O)CN1. The van der Waals surface area contributed by atoms with Crippen LogP contribution in [0.25, 0.3) is 0 Å². The van der Waals surface area contributed by atoms with Gasteiger partial charge in [0, 0.05) is 24.3 Å². The minimum atomic E-state index is 0.0460. The number of piperazine rings is 1. The molecule has 1 atom stereocenters. The summed E-state index contributed by atoms with van der Waals surface area (Å²) >= 11 is 6.00. The van der Waals surface area contributed by atoms with Gasteiger partial charge in [-0.1, -0.05) is 17.7 Å². The van der Waals surface area contributed by atoms with Crippen LogP contribution in [0.3, 0.4) is 0 Å². The summed E-state index contributed by atoms with van der Waals surface area (Å²) in [4.78, 5) is 13.7. The van der Waals surface area contributed by atoms with Crippen LogP contribution in [0, 0.1) is 0 Å². The molecule has 0 saturated carbocycles. The number of anilines is 1. The van der Waals surface area contributed by atoms with Crippen molar-refractivity contribution in [3.05, 3.63) is 35.9 Å². The molecule has 0 aromatic heterocycles. The average Bonchev–Trinajstić information content (AvgIpc) is 2.42. The van der Waals surface area contributed by atoms with Crippen LogP contribution in [-0.2, 0) is 4.79 Å². The number of amides is 1. The van der Waals surface area contributed by atoms with Crippen molar-refractivity contribution in [2.75, 3.05) is 25.1 Å². The van der Waals surface area contributed by atoms with Crippen LogP contribution >= 0.6 is 11.6 Å². The van der Waals surface area contributed by atoms with Gasteiger partial charge in [-0.05, 0) is 18.6 Å². The van der Waals surface area contributed by atoms with Gasteiger partial charge in [0.2, 0.25) is 5.91 Å². The lowest BCUT2D eigenvalue weighted by Gasteiger charge is -2.33. The molecule has 0 bridgehead atoms. The van der Waals surface area contributed by atoms with Crippen LogP contribution in [0.2, 0.25) is 5.02 Å². The lowest BCUT2D eigenvalue weighted by molar-refractivity contribution is -0.118. The minimum absolute atomic E-state index is 0.0460. The van der Waals surface area contributed by atoms with E-state index in [1.807, 2.05) is 12.1 Å². The minimum Gasteiger partial charge on any atom is -0.495 e. The molecule has 102 valence electrons. The second-order valence-electron chi connectivity index (χ2n) is 4.43. The van der Waals surface area contributed by atoms with E-state index < -0.39 is 0 Å². The summed E-state index contributed by atoms with van der Waals surface area (Å²) in [5.74, 6) is 0.621. The summed E-state index contributed by atoms with van der Waals surface area (Å²) in [5.41, 5.74) is 0.807. The van der Waals surface area contributed by atoms with Gasteiger partial charge in [0.15, 0.2) is 0 Å². The van der Waals surface area contributed by atoms with Crippen molar-refractivity contribution in [1.82, 2.24) is 5.32 Å². The van der Waals surface area contributed by atoms with E-state index in [2.05, 4.69) is 11.9 Å². The second kappa shape index (κ2) is 6.08. The summed E-state index contributed by atoms with van der Waals surface area (Å²) < 4.78 is 5.18. The van der Waals surface area contributed by atoms with Gasteiger partial charge in [-0.3, -0.25) is 4.79 Å². The molecule has 0 unspecified atom stereocenters. The first-order valence-electron chi connectivity index (χ1n) is 6.14. The van der Waals surface area contributed by atoms with E-state index in [9.17, 15) is 4.79 Å². The number of hydrogen-bond donors (Lipinski definition) is 1. The van der Waals surface area contributed by atoms with Crippen molar-refractivity contribution in [2.24, 2.45) is 0 Å². The van der Waals surface area contributed by atoms with E-state index in [1.165, 1.54) is 0 Å². The summed E-state index contributed by atoms with van der Waals surface area (Å²) in [7, 11) is 1.56. The Hall–Kier alpha value is -1.52. The number of hydrogen-bond acceptors (Lipinski definition) is 3. The van der Waals surface area contributed by atoms with Crippen molar-refractivity contribution < 1.29 is 9.53 Å². The van der Waals surface area contributed by atoms with Gasteiger partial charge in [0.05, 0.1) is 18.7 Å². The molecule has 19 heavy (non-hydrogen) atoms. The Bertz CT molecular complexity index is 490. The molecular formula is C14H17ClN2O2. The van der Waals surface area contributed by atoms with Crippen LogP contribution in [0.5, 0.6) is 5.75 Å². The zero-order chi connectivity index (χ0) is 13.8. The Kier molecular flexibility index (Phi) is 4.45. The highest BCUT2D eigenvalue weighted by Gasteiger charge is 2.25. The number of benzene rings is 1. The number of halogens is 1. The molecule has 0 spiro atoms. The number of methoxy groups -OCH3 is 1. The van der Waals surface area contributed by atoms with Gasteiger partial charge in [-0.2, -0.15) is 0 Å². The Balaban J connectivity index is 2.23. The van der Waals surface area contributed by atoms with Gasteiger partial charge in [-0.15, -0.1) is 6.58 Å². The third-order valence-corrected chi connectivity index (χ3v) is 3.46. The van der Waals surface area contributed by atoms with Gasteiger partial charge in [0.1, 0.15) is 5.75 Å². The highest BCUT2D eigenvalue weighted by Crippen LogP contribution is 2.30. The number of nitrogens with one attached hydrogen (secondary N) is 1. The highest BCUT2D eigenvalue weighted by atomic mass is 35.5. The Labute approximate surface area is 118 Å². The lowest BCUT2D eigenvalue weighted by atomic mass is 10.1. The van der Waals surface area contributed by atoms with Crippen molar-refractivity contribution >= 4 is 23.2 Å². The molecule has 1 aromatic rings. The molecule has 1 amide bonds. The number of carbonyl (C=O) groups is 1. The molecule has 0 aliphatic carbocycles. The summed E-state index contributed by atoms with van der Waals surface area (Å²) in [6.07, 6.45) is 2.68. The topological polar surface area (TPSA) is 41.6 Å². The van der Waals surface area contributed by atoms with Crippen molar-refractivity contribution in [1.29, 1.82) is 0 Å². The Morgan fingerprint density at radius 2 is 2.42 bits per heavy atom. The maximum absolute atomic E-state index is 12.0. The van der Waals surface area contributed by atoms with Crippen LogP contribution in [0.15, 0.2) is 30.9 Å². The molecule has 1 heterocycles. The standard InChI is InChI=1S/C14H17ClN2O2/c1-3-4-10-9-17(14(18)8-16-10)11-5-6-12(15)13(7-11)19-2/h3,5-7,10,16H,1,4,8-9H2,2H3/t10-/m0/s1. The van der Waals surface area contributed by atoms with E-state index >= 15 is 0 Å². The fourth-order valence-electron chi connectivity index (χ4n) is 2.14. The molecule has 1 aliphatic rings. The van der Waals surface area contributed by atoms with Gasteiger partial charge in [0.25, 0.3) is 0 Å². The van der Waals surface area contributed by atoms with E-state index in [0.717, 1.165) is 12.1 Å². The van der Waals surface area contributed by atoms with Gasteiger partial charge < -0.3 is 15.0 Å². The molecule has 2 rings (SSSR count). The third kappa shape index (κ3) is 3.08. The normalized spacial score (nSPS) is 19.4. The largest absolute Gasteiger partial charge is 0.495 e. The predicted octanol–water partition coefficient (Wildman–Crippen LogP) is 2.23. The van der Waals surface area contributed by atoms with Crippen LogP contribution in [-0.4, -0.2) is 32.1 Å². The molecule has 5 heteroatoms. The van der Waals surface area contributed by atoms with Gasteiger partial charge in [-0.25, -0.2) is 0 Å². The molecule has 1 aliphatic heterocycles. The van der Waals surface area contributed by atoms with E-state index in [-0.39, 0.29) is 11.9 Å². The summed E-state index contributed by atoms with van der Waals surface area (Å²) in [6.45, 7) is 4.69. The Morgan fingerprint density at radius 1 is 1.63 bits per heavy atom. The number of nitrogens with zero attached hydrogens (tertiary/aromatic N) is 1. The van der Waals surface area contributed by atoms with Crippen molar-refractivity contribution in [3.8, 4) is 5.75 Å². The van der Waals surface area contributed by atoms with Gasteiger partial charge >= 0.3 is 0 Å². The summed E-state index contributed by atoms with van der Waals surface area (Å²) in [6, 6.07) is 5.60.